The van der Waals surface area contributed by atoms with E-state index in [1.165, 1.54) is 24.9 Å². The van der Waals surface area contributed by atoms with Crippen molar-refractivity contribution in [3.05, 3.63) is 40.6 Å². The first-order valence-corrected chi connectivity index (χ1v) is 8.30. The van der Waals surface area contributed by atoms with Gasteiger partial charge in [0.15, 0.2) is 0 Å². The van der Waals surface area contributed by atoms with Crippen molar-refractivity contribution in [2.45, 2.75) is 11.3 Å². The summed E-state index contributed by atoms with van der Waals surface area (Å²) in [5, 5.41) is 1.53. The molecule has 0 atom stereocenters. The van der Waals surface area contributed by atoms with E-state index in [2.05, 4.69) is 19.4 Å². The zero-order chi connectivity index (χ0) is 15.3. The minimum Gasteiger partial charge on any atom is -0.465 e. The Balaban J connectivity index is 2.06. The summed E-state index contributed by atoms with van der Waals surface area (Å²) in [4.78, 5) is 19.2. The van der Waals surface area contributed by atoms with Gasteiger partial charge in [-0.1, -0.05) is 0 Å². The van der Waals surface area contributed by atoms with Crippen LogP contribution >= 0.6 is 11.3 Å². The summed E-state index contributed by atoms with van der Waals surface area (Å²) >= 11 is 1.03. The molecule has 0 saturated carbocycles. The number of thiophene rings is 1. The summed E-state index contributed by atoms with van der Waals surface area (Å²) in [5.41, 5.74) is 0.818. The Morgan fingerprint density at radius 1 is 1.38 bits per heavy atom. The predicted molar refractivity (Wildman–Crippen MR) is 76.6 cm³/mol. The smallest absolute Gasteiger partial charge is 0.349 e. The van der Waals surface area contributed by atoms with Crippen molar-refractivity contribution in [2.24, 2.45) is 0 Å². The lowest BCUT2D eigenvalue weighted by Crippen LogP contribution is -2.27. The van der Waals surface area contributed by atoms with Gasteiger partial charge in [0.2, 0.25) is 10.0 Å². The molecular formula is C12H13N3O4S2. The van der Waals surface area contributed by atoms with Crippen molar-refractivity contribution < 1.29 is 17.9 Å². The molecule has 1 N–H and O–H groups in total. The van der Waals surface area contributed by atoms with E-state index in [9.17, 15) is 13.2 Å². The molecule has 21 heavy (non-hydrogen) atoms. The molecule has 9 heteroatoms. The van der Waals surface area contributed by atoms with Crippen LogP contribution in [0.25, 0.3) is 0 Å². The van der Waals surface area contributed by atoms with E-state index in [1.54, 1.807) is 12.4 Å². The number of sulfonamides is 1. The van der Waals surface area contributed by atoms with E-state index in [0.717, 1.165) is 16.9 Å². The van der Waals surface area contributed by atoms with Crippen molar-refractivity contribution in [1.82, 2.24) is 14.7 Å². The van der Waals surface area contributed by atoms with Gasteiger partial charge in [0.1, 0.15) is 16.1 Å². The van der Waals surface area contributed by atoms with Gasteiger partial charge in [0.25, 0.3) is 0 Å². The average Bonchev–Trinajstić information content (AvgIpc) is 2.98. The summed E-state index contributed by atoms with van der Waals surface area (Å²) in [6.07, 6.45) is 5.09. The van der Waals surface area contributed by atoms with Crippen molar-refractivity contribution in [2.75, 3.05) is 13.7 Å². The van der Waals surface area contributed by atoms with Crippen LogP contribution in [-0.4, -0.2) is 38.0 Å². The SMILES string of the molecule is COC(=O)c1sccc1S(=O)(=O)NCCc1cncnc1. The number of nitrogens with zero attached hydrogens (tertiary/aromatic N) is 2. The molecule has 0 fully saturated rings. The van der Waals surface area contributed by atoms with Gasteiger partial charge < -0.3 is 4.74 Å². The van der Waals surface area contributed by atoms with Gasteiger partial charge in [-0.25, -0.2) is 27.9 Å². The normalized spacial score (nSPS) is 11.3. The number of carbonyl (C=O) groups is 1. The van der Waals surface area contributed by atoms with Crippen molar-refractivity contribution in [1.29, 1.82) is 0 Å². The van der Waals surface area contributed by atoms with Crippen LogP contribution in [0.2, 0.25) is 0 Å². The first-order valence-electron chi connectivity index (χ1n) is 5.94. The van der Waals surface area contributed by atoms with Crippen LogP contribution in [0.3, 0.4) is 0 Å². The molecule has 0 amide bonds. The largest absolute Gasteiger partial charge is 0.465 e. The molecule has 0 spiro atoms. The molecule has 0 aliphatic rings. The van der Waals surface area contributed by atoms with Crippen LogP contribution in [-0.2, 0) is 21.2 Å². The Morgan fingerprint density at radius 3 is 2.76 bits per heavy atom. The summed E-state index contributed by atoms with van der Waals surface area (Å²) < 4.78 is 31.4. The molecule has 2 heterocycles. The van der Waals surface area contributed by atoms with E-state index in [4.69, 9.17) is 0 Å². The highest BCUT2D eigenvalue weighted by Crippen LogP contribution is 2.22. The zero-order valence-corrected chi connectivity index (χ0v) is 12.8. The molecule has 2 aromatic rings. The lowest BCUT2D eigenvalue weighted by atomic mass is 10.2. The number of hydrogen-bond donors (Lipinski definition) is 1. The monoisotopic (exact) mass is 327 g/mol. The highest BCUT2D eigenvalue weighted by Gasteiger charge is 2.24. The third kappa shape index (κ3) is 3.84. The number of rotatable bonds is 6. The highest BCUT2D eigenvalue weighted by molar-refractivity contribution is 7.89. The fraction of sp³-hybridized carbons (Fsp3) is 0.250. The number of esters is 1. The maximum atomic E-state index is 12.2. The Bertz CT molecular complexity index is 713. The Labute approximate surface area is 126 Å². The van der Waals surface area contributed by atoms with Crippen LogP contribution in [0.1, 0.15) is 15.2 Å². The molecule has 2 aromatic heterocycles. The van der Waals surface area contributed by atoms with E-state index >= 15 is 0 Å². The number of hydrogen-bond acceptors (Lipinski definition) is 7. The standard InChI is InChI=1S/C12H13N3O4S2/c1-19-12(16)11-10(3-5-20-11)21(17,18)15-4-2-9-6-13-8-14-7-9/h3,5-8,15H,2,4H2,1H3. The van der Waals surface area contributed by atoms with Gasteiger partial charge in [-0.15, -0.1) is 11.3 Å². The maximum Gasteiger partial charge on any atom is 0.349 e. The first kappa shape index (κ1) is 15.5. The number of aromatic nitrogens is 2. The second-order valence-electron chi connectivity index (χ2n) is 4.00. The minimum atomic E-state index is -3.75. The van der Waals surface area contributed by atoms with E-state index in [0.29, 0.717) is 6.42 Å². The van der Waals surface area contributed by atoms with Gasteiger partial charge in [-0.3, -0.25) is 0 Å². The van der Waals surface area contributed by atoms with Crippen LogP contribution in [0.5, 0.6) is 0 Å². The van der Waals surface area contributed by atoms with Gasteiger partial charge in [-0.05, 0) is 23.4 Å². The molecule has 2 rings (SSSR count). The lowest BCUT2D eigenvalue weighted by Gasteiger charge is -2.06. The number of carbonyl (C=O) groups excluding carboxylic acids is 1. The second-order valence-corrected chi connectivity index (χ2v) is 6.65. The molecule has 0 bridgehead atoms. The summed E-state index contributed by atoms with van der Waals surface area (Å²) in [6, 6.07) is 1.38. The van der Waals surface area contributed by atoms with Gasteiger partial charge in [-0.2, -0.15) is 0 Å². The Morgan fingerprint density at radius 2 is 2.10 bits per heavy atom. The zero-order valence-electron chi connectivity index (χ0n) is 11.1. The van der Waals surface area contributed by atoms with Crippen molar-refractivity contribution >= 4 is 27.3 Å². The molecule has 0 aliphatic carbocycles. The first-order chi connectivity index (χ1) is 10.0. The lowest BCUT2D eigenvalue weighted by molar-refractivity contribution is 0.0602. The molecule has 0 aliphatic heterocycles. The Hall–Kier alpha value is -1.84. The van der Waals surface area contributed by atoms with Crippen LogP contribution < -0.4 is 4.72 Å². The Kier molecular flexibility index (Phi) is 4.99. The summed E-state index contributed by atoms with van der Waals surface area (Å²) in [7, 11) is -2.54. The third-order valence-electron chi connectivity index (χ3n) is 2.61. The van der Waals surface area contributed by atoms with Crippen LogP contribution in [0.15, 0.2) is 35.1 Å². The number of ether oxygens (including phenoxy) is 1. The van der Waals surface area contributed by atoms with Crippen molar-refractivity contribution in [3.8, 4) is 0 Å². The van der Waals surface area contributed by atoms with Gasteiger partial charge >= 0.3 is 5.97 Å². The second kappa shape index (κ2) is 6.74. The molecule has 112 valence electrons. The van der Waals surface area contributed by atoms with E-state index in [-0.39, 0.29) is 16.3 Å². The van der Waals surface area contributed by atoms with Crippen molar-refractivity contribution in [3.63, 3.8) is 0 Å². The molecule has 0 radical (unpaired) electrons. The van der Waals surface area contributed by atoms with E-state index < -0.39 is 16.0 Å². The average molecular weight is 327 g/mol. The summed E-state index contributed by atoms with van der Waals surface area (Å²) in [5.74, 6) is -0.665. The van der Waals surface area contributed by atoms with Gasteiger partial charge in [0, 0.05) is 18.9 Å². The fourth-order valence-corrected chi connectivity index (χ4v) is 3.98. The maximum absolute atomic E-state index is 12.2. The minimum absolute atomic E-state index is 0.0630. The topological polar surface area (TPSA) is 98.2 Å². The number of methoxy groups -OCH3 is 1. The highest BCUT2D eigenvalue weighted by atomic mass is 32.2. The molecule has 7 nitrogen and oxygen atoms in total. The molecular weight excluding hydrogens is 314 g/mol. The van der Waals surface area contributed by atoms with E-state index in [1.807, 2.05) is 0 Å². The molecule has 0 unspecified atom stereocenters. The fourth-order valence-electron chi connectivity index (χ4n) is 1.62. The molecule has 0 aromatic carbocycles. The number of nitrogens with one attached hydrogen (secondary N) is 1. The van der Waals surface area contributed by atoms with Crippen LogP contribution in [0.4, 0.5) is 0 Å². The predicted octanol–water partition coefficient (Wildman–Crippen LogP) is 0.846. The van der Waals surface area contributed by atoms with Crippen LogP contribution in [0, 0.1) is 0 Å². The summed E-state index contributed by atoms with van der Waals surface area (Å²) in [6.45, 7) is 0.187. The quantitative estimate of drug-likeness (QED) is 0.790. The van der Waals surface area contributed by atoms with Gasteiger partial charge in [0.05, 0.1) is 7.11 Å². The molecule has 0 saturated heterocycles. The third-order valence-corrected chi connectivity index (χ3v) is 5.14.